The van der Waals surface area contributed by atoms with Crippen molar-refractivity contribution in [3.8, 4) is 11.1 Å². The number of carboxylic acids is 1. The number of aliphatic carboxylic acids is 1. The van der Waals surface area contributed by atoms with Crippen LogP contribution in [0.15, 0.2) is 30.5 Å². The molecule has 1 aromatic carbocycles. The first-order valence-corrected chi connectivity index (χ1v) is 13.8. The van der Waals surface area contributed by atoms with Crippen LogP contribution in [0.3, 0.4) is 0 Å². The molecular weight excluding hydrogens is 549 g/mol. The van der Waals surface area contributed by atoms with E-state index in [0.717, 1.165) is 56.6 Å². The largest absolute Gasteiger partial charge is 0.481 e. The topological polar surface area (TPSA) is 100 Å². The number of benzene rings is 1. The molecule has 0 unspecified atom stereocenters. The summed E-state index contributed by atoms with van der Waals surface area (Å²) in [5.74, 6) is -0.408. The predicted octanol–water partition coefficient (Wildman–Crippen LogP) is 5.94. The van der Waals surface area contributed by atoms with Crippen molar-refractivity contribution in [1.29, 1.82) is 0 Å². The molecule has 1 aliphatic carbocycles. The standard InChI is InChI=1S/C27H28Cl3N5O3/c1-34-21-10-12-35(13-15-5-7-16(8-6-15)27(37)38)14-20(21)32-25(34)26(36)33-19-4-2-3-17(22(19)28)18-9-11-31-24(30)23(18)29/h2-4,9,11,15-16H,5-8,10,12-14H2,1H3,(H,33,36)(H,37,38). The van der Waals surface area contributed by atoms with Gasteiger partial charge >= 0.3 is 5.97 Å². The second-order valence-corrected chi connectivity index (χ2v) is 11.1. The second kappa shape index (κ2) is 11.2. The fourth-order valence-electron chi connectivity index (χ4n) is 5.54. The summed E-state index contributed by atoms with van der Waals surface area (Å²) in [6.07, 6.45) is 5.72. The van der Waals surface area contributed by atoms with Crippen LogP contribution < -0.4 is 5.32 Å². The molecular formula is C27H28Cl3N5O3. The lowest BCUT2D eigenvalue weighted by atomic mass is 9.81. The van der Waals surface area contributed by atoms with Gasteiger partial charge in [-0.2, -0.15) is 0 Å². The number of nitrogens with zero attached hydrogens (tertiary/aromatic N) is 4. The van der Waals surface area contributed by atoms with Gasteiger partial charge in [0.25, 0.3) is 5.91 Å². The lowest BCUT2D eigenvalue weighted by molar-refractivity contribution is -0.143. The van der Waals surface area contributed by atoms with E-state index in [1.165, 1.54) is 0 Å². The number of aromatic nitrogens is 3. The number of halogens is 3. The quantitative estimate of drug-likeness (QED) is 0.352. The van der Waals surface area contributed by atoms with Gasteiger partial charge in [-0.1, -0.05) is 46.9 Å². The molecule has 5 rings (SSSR count). The molecule has 0 atom stereocenters. The first kappa shape index (κ1) is 26.9. The lowest BCUT2D eigenvalue weighted by Crippen LogP contribution is -2.36. The molecule has 1 aliphatic heterocycles. The zero-order valence-corrected chi connectivity index (χ0v) is 23.2. The summed E-state index contributed by atoms with van der Waals surface area (Å²) in [5, 5.41) is 13.0. The van der Waals surface area contributed by atoms with Crippen molar-refractivity contribution >= 4 is 52.4 Å². The van der Waals surface area contributed by atoms with Crippen LogP contribution in [0.4, 0.5) is 5.69 Å². The molecule has 200 valence electrons. The molecule has 2 aliphatic rings. The molecule has 0 saturated heterocycles. The Labute approximate surface area is 235 Å². The van der Waals surface area contributed by atoms with E-state index in [-0.39, 0.29) is 22.0 Å². The maximum absolute atomic E-state index is 13.3. The number of nitrogens with one attached hydrogen (secondary N) is 1. The SMILES string of the molecule is Cn1c(C(=O)Nc2cccc(-c3ccnc(Cl)c3Cl)c2Cl)nc2c1CCN(CC1CCC(C(=O)O)CC1)C2. The van der Waals surface area contributed by atoms with E-state index in [0.29, 0.717) is 40.1 Å². The number of fused-ring (bicyclic) bond motifs is 1. The van der Waals surface area contributed by atoms with Gasteiger partial charge in [-0.25, -0.2) is 9.97 Å². The summed E-state index contributed by atoms with van der Waals surface area (Å²) in [6, 6.07) is 7.03. The van der Waals surface area contributed by atoms with Crippen LogP contribution in [0.1, 0.15) is 47.7 Å². The van der Waals surface area contributed by atoms with E-state index < -0.39 is 5.97 Å². The average Bonchev–Trinajstić information content (AvgIpc) is 3.23. The van der Waals surface area contributed by atoms with Crippen molar-refractivity contribution in [3.63, 3.8) is 0 Å². The van der Waals surface area contributed by atoms with Crippen LogP contribution in [-0.4, -0.2) is 49.5 Å². The van der Waals surface area contributed by atoms with Gasteiger partial charge in [-0.3, -0.25) is 14.5 Å². The van der Waals surface area contributed by atoms with E-state index in [4.69, 9.17) is 39.8 Å². The number of rotatable bonds is 6. The minimum absolute atomic E-state index is 0.176. The van der Waals surface area contributed by atoms with E-state index in [1.807, 2.05) is 11.6 Å². The maximum atomic E-state index is 13.3. The van der Waals surface area contributed by atoms with Gasteiger partial charge < -0.3 is 15.0 Å². The number of amides is 1. The van der Waals surface area contributed by atoms with Crippen molar-refractivity contribution in [1.82, 2.24) is 19.4 Å². The summed E-state index contributed by atoms with van der Waals surface area (Å²) < 4.78 is 1.86. The Bertz CT molecular complexity index is 1380. The molecule has 1 amide bonds. The fourth-order valence-corrected chi connectivity index (χ4v) is 6.19. The highest BCUT2D eigenvalue weighted by Crippen LogP contribution is 2.39. The van der Waals surface area contributed by atoms with Gasteiger partial charge in [0.2, 0.25) is 0 Å². The van der Waals surface area contributed by atoms with Crippen molar-refractivity contribution in [2.75, 3.05) is 18.4 Å². The van der Waals surface area contributed by atoms with Crippen LogP contribution in [-0.2, 0) is 24.8 Å². The molecule has 1 saturated carbocycles. The molecule has 3 heterocycles. The minimum atomic E-state index is -0.677. The summed E-state index contributed by atoms with van der Waals surface area (Å²) in [6.45, 7) is 2.48. The number of pyridine rings is 1. The van der Waals surface area contributed by atoms with Gasteiger partial charge in [-0.15, -0.1) is 0 Å². The van der Waals surface area contributed by atoms with Crippen LogP contribution in [0.2, 0.25) is 15.2 Å². The summed E-state index contributed by atoms with van der Waals surface area (Å²) >= 11 is 19.1. The van der Waals surface area contributed by atoms with Crippen LogP contribution >= 0.6 is 34.8 Å². The fraction of sp³-hybridized carbons (Fsp3) is 0.407. The number of hydrogen-bond acceptors (Lipinski definition) is 5. The normalized spacial score (nSPS) is 19.7. The zero-order chi connectivity index (χ0) is 27.0. The van der Waals surface area contributed by atoms with E-state index in [2.05, 4.69) is 15.2 Å². The highest BCUT2D eigenvalue weighted by molar-refractivity contribution is 6.44. The van der Waals surface area contributed by atoms with Gasteiger partial charge in [0.05, 0.1) is 27.3 Å². The number of carbonyl (C=O) groups is 2. The number of imidazole rings is 1. The number of carboxylic acid groups (broad SMARTS) is 1. The molecule has 0 spiro atoms. The Balaban J connectivity index is 1.28. The molecule has 1 fully saturated rings. The molecule has 2 aromatic heterocycles. The van der Waals surface area contributed by atoms with E-state index in [1.54, 1.807) is 30.5 Å². The summed E-state index contributed by atoms with van der Waals surface area (Å²) in [5.41, 5.74) is 3.65. The monoisotopic (exact) mass is 575 g/mol. The highest BCUT2D eigenvalue weighted by Gasteiger charge is 2.30. The molecule has 0 bridgehead atoms. The average molecular weight is 577 g/mol. The maximum Gasteiger partial charge on any atom is 0.306 e. The number of hydrogen-bond donors (Lipinski definition) is 2. The first-order valence-electron chi connectivity index (χ1n) is 12.6. The Morgan fingerprint density at radius 2 is 1.82 bits per heavy atom. The number of carbonyl (C=O) groups excluding carboxylic acids is 1. The van der Waals surface area contributed by atoms with Gasteiger partial charge in [0, 0.05) is 56.1 Å². The highest BCUT2D eigenvalue weighted by atomic mass is 35.5. The van der Waals surface area contributed by atoms with Crippen molar-refractivity contribution in [3.05, 3.63) is 62.9 Å². The van der Waals surface area contributed by atoms with Gasteiger partial charge in [-0.05, 0) is 43.7 Å². The summed E-state index contributed by atoms with van der Waals surface area (Å²) in [7, 11) is 1.86. The molecule has 38 heavy (non-hydrogen) atoms. The molecule has 8 nitrogen and oxygen atoms in total. The van der Waals surface area contributed by atoms with Gasteiger partial charge in [0.1, 0.15) is 5.15 Å². The van der Waals surface area contributed by atoms with Gasteiger partial charge in [0.15, 0.2) is 5.82 Å². The lowest BCUT2D eigenvalue weighted by Gasteiger charge is -2.33. The smallest absolute Gasteiger partial charge is 0.306 e. The Morgan fingerprint density at radius 1 is 1.08 bits per heavy atom. The molecule has 0 radical (unpaired) electrons. The third-order valence-corrected chi connectivity index (χ3v) is 8.81. The molecule has 3 aromatic rings. The zero-order valence-electron chi connectivity index (χ0n) is 20.9. The Hall–Kier alpha value is -2.65. The van der Waals surface area contributed by atoms with Crippen LogP contribution in [0, 0.1) is 11.8 Å². The van der Waals surface area contributed by atoms with Crippen molar-refractivity contribution < 1.29 is 14.7 Å². The number of anilines is 1. The second-order valence-electron chi connectivity index (χ2n) is 10.0. The van der Waals surface area contributed by atoms with E-state index in [9.17, 15) is 14.7 Å². The van der Waals surface area contributed by atoms with E-state index >= 15 is 0 Å². The predicted molar refractivity (Wildman–Crippen MR) is 148 cm³/mol. The van der Waals surface area contributed by atoms with Crippen LogP contribution in [0.5, 0.6) is 0 Å². The first-order chi connectivity index (χ1) is 18.2. The molecule has 11 heteroatoms. The third kappa shape index (κ3) is 5.41. The van der Waals surface area contributed by atoms with Crippen molar-refractivity contribution in [2.45, 2.75) is 38.6 Å². The molecule has 2 N–H and O–H groups in total. The Morgan fingerprint density at radius 3 is 2.55 bits per heavy atom. The summed E-state index contributed by atoms with van der Waals surface area (Å²) in [4.78, 5) is 35.6. The van der Waals surface area contributed by atoms with Crippen LogP contribution in [0.25, 0.3) is 11.1 Å². The third-order valence-electron chi connectivity index (χ3n) is 7.63. The van der Waals surface area contributed by atoms with Crippen molar-refractivity contribution in [2.24, 2.45) is 18.9 Å². The minimum Gasteiger partial charge on any atom is -0.481 e. The Kier molecular flexibility index (Phi) is 7.95.